The molecule has 0 spiro atoms. The van der Waals surface area contributed by atoms with Crippen LogP contribution in [-0.4, -0.2) is 39.1 Å². The van der Waals surface area contributed by atoms with Gasteiger partial charge in [0.1, 0.15) is 11.6 Å². The molecule has 0 saturated carbocycles. The summed E-state index contributed by atoms with van der Waals surface area (Å²) in [7, 11) is 4.13. The van der Waals surface area contributed by atoms with Gasteiger partial charge in [0.25, 0.3) is 0 Å². The largest absolute Gasteiger partial charge is 0.493 e. The molecule has 0 bridgehead atoms. The molecule has 0 aliphatic heterocycles. The van der Waals surface area contributed by atoms with Gasteiger partial charge in [-0.3, -0.25) is 4.90 Å². The molecule has 3 rings (SSSR count). The number of thioether (sulfide) groups is 1. The molecule has 3 aromatic rings. The fraction of sp³-hybridized carbons (Fsp3) is 0.333. The molecule has 25 heavy (non-hydrogen) atoms. The quantitative estimate of drug-likeness (QED) is 0.422. The lowest BCUT2D eigenvalue weighted by atomic mass is 10.3. The first kappa shape index (κ1) is 18.0. The topological polar surface area (TPSA) is 43.2 Å². The van der Waals surface area contributed by atoms with Crippen LogP contribution in [0.2, 0.25) is 0 Å². The molecular weight excluding hydrogens is 352 g/mol. The van der Waals surface area contributed by atoms with Crippen molar-refractivity contribution in [1.82, 2.24) is 19.7 Å². The minimum absolute atomic E-state index is 0.648. The van der Waals surface area contributed by atoms with E-state index in [1.54, 1.807) is 23.1 Å². The van der Waals surface area contributed by atoms with Crippen molar-refractivity contribution < 1.29 is 4.74 Å². The Kier molecular flexibility index (Phi) is 6.49. The first-order valence-corrected chi connectivity index (χ1v) is 10.0. The first-order chi connectivity index (χ1) is 12.2. The van der Waals surface area contributed by atoms with Gasteiger partial charge in [0.05, 0.1) is 13.2 Å². The van der Waals surface area contributed by atoms with E-state index in [4.69, 9.17) is 4.74 Å². The van der Waals surface area contributed by atoms with Crippen molar-refractivity contribution in [2.45, 2.75) is 18.2 Å². The number of nitrogens with zero attached hydrogens (tertiary/aromatic N) is 4. The summed E-state index contributed by atoms with van der Waals surface area (Å²) >= 11 is 3.40. The summed E-state index contributed by atoms with van der Waals surface area (Å²) in [6.45, 7) is 2.35. The summed E-state index contributed by atoms with van der Waals surface area (Å²) in [6, 6.07) is 12.0. The Morgan fingerprint density at radius 2 is 2.00 bits per heavy atom. The summed E-state index contributed by atoms with van der Waals surface area (Å²) in [5.41, 5.74) is 1.34. The van der Waals surface area contributed by atoms with Gasteiger partial charge in [-0.1, -0.05) is 30.0 Å². The predicted molar refractivity (Wildman–Crippen MR) is 103 cm³/mol. The number of hydrogen-bond donors (Lipinski definition) is 0. The van der Waals surface area contributed by atoms with Crippen LogP contribution < -0.4 is 4.74 Å². The van der Waals surface area contributed by atoms with Gasteiger partial charge in [0.2, 0.25) is 0 Å². The maximum Gasteiger partial charge on any atom is 0.191 e. The highest BCUT2D eigenvalue weighted by Crippen LogP contribution is 2.17. The van der Waals surface area contributed by atoms with Gasteiger partial charge < -0.3 is 9.30 Å². The van der Waals surface area contributed by atoms with Crippen LogP contribution >= 0.6 is 23.1 Å². The first-order valence-electron chi connectivity index (χ1n) is 8.11. The van der Waals surface area contributed by atoms with E-state index in [2.05, 4.69) is 43.5 Å². The molecule has 0 unspecified atom stereocenters. The lowest BCUT2D eigenvalue weighted by Gasteiger charge is -2.15. The molecule has 0 N–H and O–H groups in total. The van der Waals surface area contributed by atoms with Gasteiger partial charge in [0, 0.05) is 19.3 Å². The van der Waals surface area contributed by atoms with Crippen molar-refractivity contribution in [2.75, 3.05) is 19.4 Å². The summed E-state index contributed by atoms with van der Waals surface area (Å²) in [4.78, 5) is 2.25. The highest BCUT2D eigenvalue weighted by Gasteiger charge is 2.11. The minimum Gasteiger partial charge on any atom is -0.493 e. The molecule has 0 fully saturated rings. The van der Waals surface area contributed by atoms with Crippen molar-refractivity contribution in [3.05, 3.63) is 58.5 Å². The van der Waals surface area contributed by atoms with Crippen molar-refractivity contribution in [3.63, 3.8) is 0 Å². The van der Waals surface area contributed by atoms with Crippen LogP contribution in [0, 0.1) is 0 Å². The second kappa shape index (κ2) is 9.03. The summed E-state index contributed by atoms with van der Waals surface area (Å²) in [5, 5.41) is 13.9. The number of benzene rings is 1. The molecule has 2 heterocycles. The monoisotopic (exact) mass is 374 g/mol. The average Bonchev–Trinajstić information content (AvgIpc) is 3.24. The van der Waals surface area contributed by atoms with Gasteiger partial charge in [-0.2, -0.15) is 11.3 Å². The number of ether oxygens (including phenoxy) is 1. The van der Waals surface area contributed by atoms with Gasteiger partial charge in [-0.25, -0.2) is 0 Å². The summed E-state index contributed by atoms with van der Waals surface area (Å²) in [6.07, 6.45) is 0. The lowest BCUT2D eigenvalue weighted by Crippen LogP contribution is -2.19. The minimum atomic E-state index is 0.648. The number of hydrogen-bond acceptors (Lipinski definition) is 6. The Morgan fingerprint density at radius 3 is 2.76 bits per heavy atom. The SMILES string of the molecule is CN(Cc1ccsc1)Cc1nnc(SCCOc2ccccc2)n1C. The summed E-state index contributed by atoms with van der Waals surface area (Å²) < 4.78 is 7.78. The maximum atomic E-state index is 5.71. The van der Waals surface area contributed by atoms with Gasteiger partial charge >= 0.3 is 0 Å². The molecule has 0 amide bonds. The van der Waals surface area contributed by atoms with Crippen LogP contribution in [0.25, 0.3) is 0 Å². The zero-order chi connectivity index (χ0) is 17.5. The number of rotatable bonds is 9. The van der Waals surface area contributed by atoms with E-state index in [0.717, 1.165) is 35.6 Å². The molecule has 5 nitrogen and oxygen atoms in total. The molecule has 0 atom stereocenters. The smallest absolute Gasteiger partial charge is 0.191 e. The van der Waals surface area contributed by atoms with Crippen LogP contribution in [0.15, 0.2) is 52.3 Å². The van der Waals surface area contributed by atoms with Crippen LogP contribution in [0.5, 0.6) is 5.75 Å². The van der Waals surface area contributed by atoms with Crippen molar-refractivity contribution in [3.8, 4) is 5.75 Å². The van der Waals surface area contributed by atoms with Crippen LogP contribution in [0.1, 0.15) is 11.4 Å². The van der Waals surface area contributed by atoms with E-state index in [0.29, 0.717) is 6.61 Å². The van der Waals surface area contributed by atoms with E-state index >= 15 is 0 Å². The highest BCUT2D eigenvalue weighted by atomic mass is 32.2. The van der Waals surface area contributed by atoms with Crippen molar-refractivity contribution in [1.29, 1.82) is 0 Å². The Bertz CT molecular complexity index is 759. The van der Waals surface area contributed by atoms with Crippen molar-refractivity contribution >= 4 is 23.1 Å². The van der Waals surface area contributed by atoms with Crippen LogP contribution in [0.3, 0.4) is 0 Å². The molecule has 0 aliphatic rings. The second-order valence-electron chi connectivity index (χ2n) is 5.77. The zero-order valence-electron chi connectivity index (χ0n) is 14.5. The molecule has 0 aliphatic carbocycles. The molecule has 2 aromatic heterocycles. The molecule has 1 aromatic carbocycles. The highest BCUT2D eigenvalue weighted by molar-refractivity contribution is 7.99. The van der Waals surface area contributed by atoms with E-state index in [1.165, 1.54) is 5.56 Å². The van der Waals surface area contributed by atoms with E-state index < -0.39 is 0 Å². The molecule has 7 heteroatoms. The van der Waals surface area contributed by atoms with Gasteiger partial charge in [-0.05, 0) is 41.6 Å². The number of thiophene rings is 1. The molecule has 0 saturated heterocycles. The van der Waals surface area contributed by atoms with E-state index in [-0.39, 0.29) is 0 Å². The Balaban J connectivity index is 1.45. The third-order valence-electron chi connectivity index (χ3n) is 3.70. The van der Waals surface area contributed by atoms with Gasteiger partial charge in [0.15, 0.2) is 5.16 Å². The fourth-order valence-electron chi connectivity index (χ4n) is 2.41. The van der Waals surface area contributed by atoms with Crippen LogP contribution in [-0.2, 0) is 20.1 Å². The van der Waals surface area contributed by atoms with E-state index in [9.17, 15) is 0 Å². The molecule has 132 valence electrons. The lowest BCUT2D eigenvalue weighted by molar-refractivity contribution is 0.306. The third-order valence-corrected chi connectivity index (χ3v) is 5.41. The second-order valence-corrected chi connectivity index (χ2v) is 7.61. The molecular formula is C18H22N4OS2. The summed E-state index contributed by atoms with van der Waals surface area (Å²) in [5.74, 6) is 2.71. The Hall–Kier alpha value is -1.83. The average molecular weight is 375 g/mol. The predicted octanol–water partition coefficient (Wildman–Crippen LogP) is 3.68. The normalized spacial score (nSPS) is 11.2. The Morgan fingerprint density at radius 1 is 1.16 bits per heavy atom. The van der Waals surface area contributed by atoms with Gasteiger partial charge in [-0.15, -0.1) is 10.2 Å². The van der Waals surface area contributed by atoms with Crippen LogP contribution in [0.4, 0.5) is 0 Å². The Labute approximate surface area is 156 Å². The third kappa shape index (κ3) is 5.32. The fourth-order valence-corrected chi connectivity index (χ4v) is 3.82. The zero-order valence-corrected chi connectivity index (χ0v) is 16.1. The number of aromatic nitrogens is 3. The maximum absolute atomic E-state index is 5.71. The van der Waals surface area contributed by atoms with Crippen molar-refractivity contribution in [2.24, 2.45) is 7.05 Å². The van der Waals surface area contributed by atoms with E-state index in [1.807, 2.05) is 37.4 Å². The standard InChI is InChI=1S/C18H22N4OS2/c1-21(12-15-8-10-24-14-15)13-17-19-20-18(22(17)2)25-11-9-23-16-6-4-3-5-7-16/h3-8,10,14H,9,11-13H2,1-2H3. The number of para-hydroxylation sites is 1. The molecule has 0 radical (unpaired) electrons.